The number of carbonyl (C=O) groups is 1. The van der Waals surface area contributed by atoms with E-state index >= 15 is 0 Å². The number of rotatable bonds is 4. The van der Waals surface area contributed by atoms with Crippen LogP contribution in [0.1, 0.15) is 17.4 Å². The molecule has 0 amide bonds. The molecule has 0 bridgehead atoms. The summed E-state index contributed by atoms with van der Waals surface area (Å²) in [7, 11) is 0. The zero-order valence-corrected chi connectivity index (χ0v) is 13.1. The van der Waals surface area contributed by atoms with E-state index in [0.717, 1.165) is 10.2 Å². The summed E-state index contributed by atoms with van der Waals surface area (Å²) in [6, 6.07) is 5.44. The first-order valence-electron chi connectivity index (χ1n) is 5.45. The number of nitrogens with zero attached hydrogens (tertiary/aromatic N) is 1. The van der Waals surface area contributed by atoms with Crippen molar-refractivity contribution in [2.24, 2.45) is 0 Å². The van der Waals surface area contributed by atoms with Crippen LogP contribution in [-0.2, 0) is 4.74 Å². The molecule has 1 aromatic heterocycles. The Labute approximate surface area is 127 Å². The Kier molecular flexibility index (Phi) is 4.79. The summed E-state index contributed by atoms with van der Waals surface area (Å²) in [5, 5.41) is 6.02. The van der Waals surface area contributed by atoms with E-state index in [0.29, 0.717) is 22.5 Å². The van der Waals surface area contributed by atoms with Crippen molar-refractivity contribution >= 4 is 55.7 Å². The third-order valence-electron chi connectivity index (χ3n) is 2.16. The molecular formula is C12H10BrClN2O2S. The van der Waals surface area contributed by atoms with Gasteiger partial charge in [0.15, 0.2) is 10.8 Å². The number of benzene rings is 1. The minimum absolute atomic E-state index is 0.308. The van der Waals surface area contributed by atoms with Gasteiger partial charge in [-0.15, -0.1) is 11.3 Å². The number of aromatic nitrogens is 1. The van der Waals surface area contributed by atoms with Crippen LogP contribution in [0.15, 0.2) is 28.1 Å². The number of ether oxygens (including phenoxy) is 1. The van der Waals surface area contributed by atoms with E-state index in [-0.39, 0.29) is 0 Å². The van der Waals surface area contributed by atoms with Crippen molar-refractivity contribution in [3.8, 4) is 0 Å². The molecule has 0 radical (unpaired) electrons. The fraction of sp³-hybridized carbons (Fsp3) is 0.167. The average molecular weight is 362 g/mol. The second kappa shape index (κ2) is 6.36. The van der Waals surface area contributed by atoms with Crippen molar-refractivity contribution < 1.29 is 9.53 Å². The van der Waals surface area contributed by atoms with Crippen LogP contribution in [0.2, 0.25) is 5.02 Å². The lowest BCUT2D eigenvalue weighted by atomic mass is 10.3. The lowest BCUT2D eigenvalue weighted by molar-refractivity contribution is 0.0520. The molecule has 0 aliphatic heterocycles. The van der Waals surface area contributed by atoms with Crippen LogP contribution in [0.3, 0.4) is 0 Å². The molecule has 0 spiro atoms. The molecule has 100 valence electrons. The van der Waals surface area contributed by atoms with Crippen molar-refractivity contribution in [1.29, 1.82) is 0 Å². The van der Waals surface area contributed by atoms with E-state index in [4.69, 9.17) is 16.3 Å². The van der Waals surface area contributed by atoms with Gasteiger partial charge in [-0.2, -0.15) is 0 Å². The van der Waals surface area contributed by atoms with E-state index in [9.17, 15) is 4.79 Å². The number of halogens is 2. The standard InChI is InChI=1S/C12H10BrClN2O2S/c1-2-18-11(17)10-6-19-12(16-10)15-7-3-4-9(14)8(13)5-7/h3-6H,2H2,1H3,(H,15,16). The number of thiazole rings is 1. The van der Waals surface area contributed by atoms with Gasteiger partial charge in [-0.25, -0.2) is 9.78 Å². The van der Waals surface area contributed by atoms with Crippen molar-refractivity contribution in [2.75, 3.05) is 11.9 Å². The zero-order valence-electron chi connectivity index (χ0n) is 9.94. The van der Waals surface area contributed by atoms with Crippen LogP contribution in [0, 0.1) is 0 Å². The maximum Gasteiger partial charge on any atom is 0.357 e. The minimum Gasteiger partial charge on any atom is -0.461 e. The number of anilines is 2. The summed E-state index contributed by atoms with van der Waals surface area (Å²) in [5.74, 6) is -0.413. The molecule has 0 saturated heterocycles. The summed E-state index contributed by atoms with van der Waals surface area (Å²) in [6.45, 7) is 2.10. The third-order valence-corrected chi connectivity index (χ3v) is 4.13. The molecule has 4 nitrogen and oxygen atoms in total. The first kappa shape index (κ1) is 14.3. The molecule has 1 aromatic carbocycles. The molecule has 19 heavy (non-hydrogen) atoms. The van der Waals surface area contributed by atoms with Gasteiger partial charge in [-0.05, 0) is 41.1 Å². The van der Waals surface area contributed by atoms with E-state index in [1.165, 1.54) is 11.3 Å². The monoisotopic (exact) mass is 360 g/mol. The largest absolute Gasteiger partial charge is 0.461 e. The first-order chi connectivity index (χ1) is 9.10. The average Bonchev–Trinajstić information content (AvgIpc) is 2.83. The first-order valence-corrected chi connectivity index (χ1v) is 7.50. The number of esters is 1. The lowest BCUT2D eigenvalue weighted by Crippen LogP contribution is -2.04. The van der Waals surface area contributed by atoms with Crippen LogP contribution >= 0.6 is 38.9 Å². The van der Waals surface area contributed by atoms with E-state index in [2.05, 4.69) is 26.2 Å². The van der Waals surface area contributed by atoms with Gasteiger partial charge in [-0.3, -0.25) is 0 Å². The molecule has 7 heteroatoms. The fourth-order valence-corrected chi connectivity index (χ4v) is 2.52. The molecule has 1 N–H and O–H groups in total. The van der Waals surface area contributed by atoms with Crippen molar-refractivity contribution in [3.05, 3.63) is 38.8 Å². The van der Waals surface area contributed by atoms with Gasteiger partial charge in [0.05, 0.1) is 11.6 Å². The highest BCUT2D eigenvalue weighted by Gasteiger charge is 2.11. The zero-order chi connectivity index (χ0) is 13.8. The fourth-order valence-electron chi connectivity index (χ4n) is 1.33. The normalized spacial score (nSPS) is 10.3. The van der Waals surface area contributed by atoms with E-state index < -0.39 is 5.97 Å². The number of nitrogens with one attached hydrogen (secondary N) is 1. The smallest absolute Gasteiger partial charge is 0.357 e. The maximum atomic E-state index is 11.5. The molecule has 2 aromatic rings. The summed E-state index contributed by atoms with van der Waals surface area (Å²) < 4.78 is 5.67. The summed E-state index contributed by atoms with van der Waals surface area (Å²) in [4.78, 5) is 15.6. The Hall–Kier alpha value is -1.11. The SMILES string of the molecule is CCOC(=O)c1csc(Nc2ccc(Cl)c(Br)c2)n1. The second-order valence-corrected chi connectivity index (χ2v) is 5.63. The van der Waals surface area contributed by atoms with E-state index in [1.807, 2.05) is 12.1 Å². The maximum absolute atomic E-state index is 11.5. The quantitative estimate of drug-likeness (QED) is 0.816. The minimum atomic E-state index is -0.413. The number of hydrogen-bond donors (Lipinski definition) is 1. The Bertz CT molecular complexity index is 603. The highest BCUT2D eigenvalue weighted by atomic mass is 79.9. The Balaban J connectivity index is 2.11. The van der Waals surface area contributed by atoms with E-state index in [1.54, 1.807) is 18.4 Å². The lowest BCUT2D eigenvalue weighted by Gasteiger charge is -2.03. The molecule has 0 saturated carbocycles. The number of hydrogen-bond acceptors (Lipinski definition) is 5. The Morgan fingerprint density at radius 3 is 3.05 bits per heavy atom. The summed E-state index contributed by atoms with van der Waals surface area (Å²) >= 11 is 10.6. The van der Waals surface area contributed by atoms with Crippen molar-refractivity contribution in [2.45, 2.75) is 6.92 Å². The topological polar surface area (TPSA) is 51.2 Å². The van der Waals surface area contributed by atoms with Crippen LogP contribution in [-0.4, -0.2) is 17.6 Å². The van der Waals surface area contributed by atoms with Crippen LogP contribution < -0.4 is 5.32 Å². The molecule has 2 rings (SSSR count). The van der Waals surface area contributed by atoms with Gasteiger partial charge in [0.2, 0.25) is 0 Å². The Morgan fingerprint density at radius 1 is 1.58 bits per heavy atom. The van der Waals surface area contributed by atoms with Gasteiger partial charge in [0, 0.05) is 15.5 Å². The Morgan fingerprint density at radius 2 is 2.37 bits per heavy atom. The molecular weight excluding hydrogens is 352 g/mol. The van der Waals surface area contributed by atoms with Crippen LogP contribution in [0.5, 0.6) is 0 Å². The van der Waals surface area contributed by atoms with Gasteiger partial charge in [0.25, 0.3) is 0 Å². The van der Waals surface area contributed by atoms with Gasteiger partial charge < -0.3 is 10.1 Å². The highest BCUT2D eigenvalue weighted by molar-refractivity contribution is 9.10. The summed E-state index contributed by atoms with van der Waals surface area (Å²) in [5.41, 5.74) is 1.14. The van der Waals surface area contributed by atoms with Crippen LogP contribution in [0.4, 0.5) is 10.8 Å². The van der Waals surface area contributed by atoms with Crippen LogP contribution in [0.25, 0.3) is 0 Å². The highest BCUT2D eigenvalue weighted by Crippen LogP contribution is 2.28. The van der Waals surface area contributed by atoms with Crippen molar-refractivity contribution in [3.63, 3.8) is 0 Å². The molecule has 0 aliphatic rings. The van der Waals surface area contributed by atoms with Crippen molar-refractivity contribution in [1.82, 2.24) is 4.98 Å². The molecule has 0 unspecified atom stereocenters. The van der Waals surface area contributed by atoms with Gasteiger partial charge in [0.1, 0.15) is 0 Å². The summed E-state index contributed by atoms with van der Waals surface area (Å²) in [6.07, 6.45) is 0. The molecule has 1 heterocycles. The number of carbonyl (C=O) groups excluding carboxylic acids is 1. The molecule has 0 aliphatic carbocycles. The predicted octanol–water partition coefficient (Wildman–Crippen LogP) is 4.48. The predicted molar refractivity (Wildman–Crippen MR) is 80.5 cm³/mol. The van der Waals surface area contributed by atoms with Gasteiger partial charge >= 0.3 is 5.97 Å². The molecule has 0 atom stereocenters. The molecule has 0 fully saturated rings. The third kappa shape index (κ3) is 3.68. The van der Waals surface area contributed by atoms with Gasteiger partial charge in [-0.1, -0.05) is 11.6 Å². The second-order valence-electron chi connectivity index (χ2n) is 3.51.